The third kappa shape index (κ3) is 2.23. The van der Waals surface area contributed by atoms with Crippen molar-refractivity contribution in [1.29, 1.82) is 0 Å². The van der Waals surface area contributed by atoms with Crippen molar-refractivity contribution in [3.8, 4) is 11.3 Å². The molecule has 0 aliphatic heterocycles. The van der Waals surface area contributed by atoms with Crippen LogP contribution in [0, 0.1) is 5.82 Å². The second-order valence-corrected chi connectivity index (χ2v) is 3.45. The van der Waals surface area contributed by atoms with E-state index < -0.39 is 5.97 Å². The van der Waals surface area contributed by atoms with Gasteiger partial charge in [-0.2, -0.15) is 0 Å². The van der Waals surface area contributed by atoms with Gasteiger partial charge < -0.3 is 10.8 Å². The molecular formula is C12H9FN2O2. The number of aromatic nitrogens is 1. The number of hydrogen-bond acceptors (Lipinski definition) is 3. The molecule has 0 amide bonds. The molecule has 2 aromatic rings. The van der Waals surface area contributed by atoms with Crippen LogP contribution in [0.15, 0.2) is 36.4 Å². The summed E-state index contributed by atoms with van der Waals surface area (Å²) >= 11 is 0. The summed E-state index contributed by atoms with van der Waals surface area (Å²) in [7, 11) is 0. The maximum Gasteiger partial charge on any atom is 0.356 e. The van der Waals surface area contributed by atoms with E-state index in [0.29, 0.717) is 11.3 Å². The van der Waals surface area contributed by atoms with Crippen LogP contribution < -0.4 is 5.73 Å². The number of halogens is 1. The molecule has 1 heterocycles. The van der Waals surface area contributed by atoms with Gasteiger partial charge in [0.15, 0.2) is 5.69 Å². The van der Waals surface area contributed by atoms with Crippen LogP contribution in [0.25, 0.3) is 11.3 Å². The van der Waals surface area contributed by atoms with Gasteiger partial charge in [-0.05, 0) is 36.4 Å². The Bertz CT molecular complexity index is 567. The number of nitrogens with two attached hydrogens (primary N) is 1. The summed E-state index contributed by atoms with van der Waals surface area (Å²) in [6.45, 7) is 0. The number of aromatic carboxylic acids is 1. The van der Waals surface area contributed by atoms with Gasteiger partial charge in [0.1, 0.15) is 5.82 Å². The lowest BCUT2D eigenvalue weighted by atomic mass is 10.1. The molecule has 0 aliphatic rings. The zero-order valence-corrected chi connectivity index (χ0v) is 8.72. The molecular weight excluding hydrogens is 223 g/mol. The van der Waals surface area contributed by atoms with Crippen LogP contribution in [0.1, 0.15) is 10.5 Å². The lowest BCUT2D eigenvalue weighted by Gasteiger charge is -2.04. The Labute approximate surface area is 96.5 Å². The summed E-state index contributed by atoms with van der Waals surface area (Å²) < 4.78 is 12.7. The lowest BCUT2D eigenvalue weighted by molar-refractivity contribution is 0.0692. The maximum absolute atomic E-state index is 12.7. The van der Waals surface area contributed by atoms with Gasteiger partial charge in [-0.25, -0.2) is 14.2 Å². The van der Waals surface area contributed by atoms with Crippen LogP contribution >= 0.6 is 0 Å². The first-order valence-electron chi connectivity index (χ1n) is 4.83. The van der Waals surface area contributed by atoms with E-state index in [9.17, 15) is 9.18 Å². The first kappa shape index (κ1) is 11.1. The third-order valence-corrected chi connectivity index (χ3v) is 2.27. The van der Waals surface area contributed by atoms with Gasteiger partial charge in [-0.1, -0.05) is 0 Å². The van der Waals surface area contributed by atoms with Crippen LogP contribution in [0.4, 0.5) is 10.1 Å². The smallest absolute Gasteiger partial charge is 0.356 e. The summed E-state index contributed by atoms with van der Waals surface area (Å²) in [6.07, 6.45) is 0. The van der Waals surface area contributed by atoms with Gasteiger partial charge in [0, 0.05) is 5.56 Å². The molecule has 0 fully saturated rings. The number of benzene rings is 1. The van der Waals surface area contributed by atoms with Crippen molar-refractivity contribution >= 4 is 11.7 Å². The van der Waals surface area contributed by atoms with Crippen molar-refractivity contribution in [2.75, 3.05) is 5.73 Å². The minimum Gasteiger partial charge on any atom is -0.476 e. The van der Waals surface area contributed by atoms with Crippen molar-refractivity contribution in [3.63, 3.8) is 0 Å². The summed E-state index contributed by atoms with van der Waals surface area (Å²) in [6, 6.07) is 8.69. The molecule has 4 nitrogen and oxygen atoms in total. The number of hydrogen-bond donors (Lipinski definition) is 2. The molecule has 2 rings (SSSR count). The molecule has 5 heteroatoms. The average molecular weight is 232 g/mol. The quantitative estimate of drug-likeness (QED) is 0.831. The summed E-state index contributed by atoms with van der Waals surface area (Å²) in [5, 5.41) is 8.88. The molecule has 0 bridgehead atoms. The number of carbonyl (C=O) groups is 1. The van der Waals surface area contributed by atoms with Crippen molar-refractivity contribution < 1.29 is 14.3 Å². The largest absolute Gasteiger partial charge is 0.476 e. The second kappa shape index (κ2) is 4.21. The third-order valence-electron chi connectivity index (χ3n) is 2.27. The van der Waals surface area contributed by atoms with E-state index >= 15 is 0 Å². The maximum atomic E-state index is 12.7. The molecule has 0 spiro atoms. The number of carboxylic acid groups (broad SMARTS) is 1. The van der Waals surface area contributed by atoms with E-state index in [4.69, 9.17) is 10.8 Å². The SMILES string of the molecule is Nc1ccc(-c2ccc(F)cc2)nc1C(=O)O. The van der Waals surface area contributed by atoms with E-state index in [1.807, 2.05) is 0 Å². The highest BCUT2D eigenvalue weighted by Crippen LogP contribution is 2.20. The first-order valence-corrected chi connectivity index (χ1v) is 4.83. The van der Waals surface area contributed by atoms with Gasteiger partial charge in [0.25, 0.3) is 0 Å². The van der Waals surface area contributed by atoms with Crippen LogP contribution in [0.5, 0.6) is 0 Å². The molecule has 0 unspecified atom stereocenters. The highest BCUT2D eigenvalue weighted by molar-refractivity contribution is 5.92. The molecule has 0 saturated heterocycles. The Morgan fingerprint density at radius 3 is 2.41 bits per heavy atom. The topological polar surface area (TPSA) is 76.2 Å². The Morgan fingerprint density at radius 2 is 1.82 bits per heavy atom. The molecule has 1 aromatic carbocycles. The summed E-state index contributed by atoms with van der Waals surface area (Å²) in [4.78, 5) is 14.8. The van der Waals surface area contributed by atoms with Gasteiger partial charge in [0.05, 0.1) is 11.4 Å². The fourth-order valence-corrected chi connectivity index (χ4v) is 1.42. The Kier molecular flexibility index (Phi) is 2.74. The molecule has 1 aromatic heterocycles. The zero-order valence-electron chi connectivity index (χ0n) is 8.72. The van der Waals surface area contributed by atoms with E-state index in [2.05, 4.69) is 4.98 Å². The summed E-state index contributed by atoms with van der Waals surface area (Å²) in [5.74, 6) is -1.55. The molecule has 0 saturated carbocycles. The number of pyridine rings is 1. The van der Waals surface area contributed by atoms with Crippen LogP contribution in [0.2, 0.25) is 0 Å². The predicted molar refractivity (Wildman–Crippen MR) is 61.0 cm³/mol. The lowest BCUT2D eigenvalue weighted by Crippen LogP contribution is -2.06. The number of nitrogens with zero attached hydrogens (tertiary/aromatic N) is 1. The van der Waals surface area contributed by atoms with Crippen molar-refractivity contribution in [2.45, 2.75) is 0 Å². The van der Waals surface area contributed by atoms with E-state index in [1.54, 1.807) is 6.07 Å². The number of anilines is 1. The number of nitrogen functional groups attached to an aromatic ring is 1. The van der Waals surface area contributed by atoms with Gasteiger partial charge >= 0.3 is 5.97 Å². The fourth-order valence-electron chi connectivity index (χ4n) is 1.42. The number of carboxylic acids is 1. The van der Waals surface area contributed by atoms with E-state index in [-0.39, 0.29) is 17.2 Å². The Morgan fingerprint density at radius 1 is 1.18 bits per heavy atom. The monoisotopic (exact) mass is 232 g/mol. The average Bonchev–Trinajstić information content (AvgIpc) is 2.30. The van der Waals surface area contributed by atoms with Crippen molar-refractivity contribution in [3.05, 3.63) is 47.9 Å². The van der Waals surface area contributed by atoms with Crippen molar-refractivity contribution in [1.82, 2.24) is 4.98 Å². The van der Waals surface area contributed by atoms with Crippen molar-refractivity contribution in [2.24, 2.45) is 0 Å². The predicted octanol–water partition coefficient (Wildman–Crippen LogP) is 2.17. The van der Waals surface area contributed by atoms with Crippen LogP contribution in [-0.4, -0.2) is 16.1 Å². The highest BCUT2D eigenvalue weighted by Gasteiger charge is 2.11. The first-order chi connectivity index (χ1) is 8.08. The fraction of sp³-hybridized carbons (Fsp3) is 0. The Balaban J connectivity index is 2.50. The second-order valence-electron chi connectivity index (χ2n) is 3.45. The molecule has 17 heavy (non-hydrogen) atoms. The van der Waals surface area contributed by atoms with Crippen LogP contribution in [0.3, 0.4) is 0 Å². The molecule has 0 aliphatic carbocycles. The molecule has 0 radical (unpaired) electrons. The minimum absolute atomic E-state index is 0.100. The van der Waals surface area contributed by atoms with Gasteiger partial charge in [-0.3, -0.25) is 0 Å². The van der Waals surface area contributed by atoms with Crippen LogP contribution in [-0.2, 0) is 0 Å². The van der Waals surface area contributed by atoms with Gasteiger partial charge in [-0.15, -0.1) is 0 Å². The van der Waals surface area contributed by atoms with Gasteiger partial charge in [0.2, 0.25) is 0 Å². The minimum atomic E-state index is -1.19. The van der Waals surface area contributed by atoms with E-state index in [0.717, 1.165) is 0 Å². The Hall–Kier alpha value is -2.43. The molecule has 0 atom stereocenters. The molecule has 86 valence electrons. The number of rotatable bonds is 2. The standard InChI is InChI=1S/C12H9FN2O2/c13-8-3-1-7(2-4-8)10-6-5-9(14)11(15-10)12(16)17/h1-6H,14H2,(H,16,17). The highest BCUT2D eigenvalue weighted by atomic mass is 19.1. The summed E-state index contributed by atoms with van der Waals surface area (Å²) in [5.41, 5.74) is 6.46. The zero-order chi connectivity index (χ0) is 12.4. The normalized spacial score (nSPS) is 10.2. The van der Waals surface area contributed by atoms with E-state index in [1.165, 1.54) is 30.3 Å². The molecule has 3 N–H and O–H groups in total.